The maximum absolute atomic E-state index is 14.6. The Kier molecular flexibility index (Phi) is 10.9. The molecule has 4 rings (SSSR count). The van der Waals surface area contributed by atoms with Crippen molar-refractivity contribution in [1.29, 1.82) is 0 Å². The molecule has 0 spiro atoms. The van der Waals surface area contributed by atoms with E-state index in [2.05, 4.69) is 0 Å². The van der Waals surface area contributed by atoms with Crippen molar-refractivity contribution in [2.24, 2.45) is 0 Å². The summed E-state index contributed by atoms with van der Waals surface area (Å²) in [6.07, 6.45) is -3.55. The lowest BCUT2D eigenvalue weighted by Gasteiger charge is -2.29. The third-order valence-corrected chi connectivity index (χ3v) is 8.72. The number of carbonyl (C=O) groups is 1. The Hall–Kier alpha value is -3.93. The Labute approximate surface area is 263 Å². The molecule has 238 valence electrons. The maximum Gasteiger partial charge on any atom is 0.417 e. The third kappa shape index (κ3) is 8.84. The molecule has 6 nitrogen and oxygen atoms in total. The lowest BCUT2D eigenvalue weighted by atomic mass is 9.90. The molecule has 0 aliphatic rings. The second-order valence-corrected chi connectivity index (χ2v) is 12.8. The van der Waals surface area contributed by atoms with Crippen LogP contribution in [0.3, 0.4) is 0 Å². The molecule has 0 fully saturated rings. The van der Waals surface area contributed by atoms with Gasteiger partial charge < -0.3 is 9.84 Å². The first-order chi connectivity index (χ1) is 21.3. The zero-order valence-corrected chi connectivity index (χ0v) is 25.7. The van der Waals surface area contributed by atoms with Crippen LogP contribution in [-0.2, 0) is 22.6 Å². The zero-order valence-electron chi connectivity index (χ0n) is 24.1. The molecule has 0 radical (unpaired) electrons. The number of halogens is 5. The number of rotatable bonds is 13. The maximum atomic E-state index is 14.6. The van der Waals surface area contributed by atoms with Gasteiger partial charge in [0.05, 0.1) is 22.1 Å². The van der Waals surface area contributed by atoms with E-state index in [1.807, 2.05) is 65.6 Å². The molecule has 0 saturated carbocycles. The quantitative estimate of drug-likeness (QED) is 0.117. The number of ether oxygens (including phenoxy) is 1. The van der Waals surface area contributed by atoms with Gasteiger partial charge in [-0.3, -0.25) is 4.90 Å². The fourth-order valence-corrected chi connectivity index (χ4v) is 6.23. The van der Waals surface area contributed by atoms with Crippen LogP contribution in [0, 0.1) is 5.82 Å². The van der Waals surface area contributed by atoms with Crippen LogP contribution in [0.4, 0.5) is 17.6 Å². The van der Waals surface area contributed by atoms with Gasteiger partial charge in [-0.05, 0) is 35.2 Å². The zero-order chi connectivity index (χ0) is 32.8. The molecule has 0 heterocycles. The van der Waals surface area contributed by atoms with Crippen LogP contribution in [-0.4, -0.2) is 50.3 Å². The molecular formula is C33H30ClF4NO5S. The number of benzene rings is 4. The molecule has 0 bridgehead atoms. The van der Waals surface area contributed by atoms with Gasteiger partial charge in [-0.15, -0.1) is 0 Å². The third-order valence-electron chi connectivity index (χ3n) is 7.15. The molecule has 0 saturated heterocycles. The van der Waals surface area contributed by atoms with Crippen molar-refractivity contribution in [2.75, 3.05) is 26.0 Å². The van der Waals surface area contributed by atoms with Crippen LogP contribution >= 0.6 is 11.6 Å². The summed E-state index contributed by atoms with van der Waals surface area (Å²) in [6.45, 7) is 0.778. The smallest absolute Gasteiger partial charge is 0.417 e. The van der Waals surface area contributed by atoms with E-state index in [0.717, 1.165) is 35.6 Å². The average Bonchev–Trinajstić information content (AvgIpc) is 2.98. The van der Waals surface area contributed by atoms with E-state index in [9.17, 15) is 35.9 Å². The summed E-state index contributed by atoms with van der Waals surface area (Å²) in [5.74, 6) is -3.30. The van der Waals surface area contributed by atoms with Gasteiger partial charge in [-0.2, -0.15) is 13.2 Å². The number of carboxylic acid groups (broad SMARTS) is 1. The van der Waals surface area contributed by atoms with Crippen molar-refractivity contribution < 1.29 is 40.6 Å². The van der Waals surface area contributed by atoms with Crippen LogP contribution in [0.5, 0.6) is 5.75 Å². The lowest BCUT2D eigenvalue weighted by molar-refractivity contribution is -0.137. The highest BCUT2D eigenvalue weighted by Crippen LogP contribution is 2.37. The van der Waals surface area contributed by atoms with Crippen molar-refractivity contribution >= 4 is 27.4 Å². The minimum absolute atomic E-state index is 0.0246. The first kappa shape index (κ1) is 34.0. The van der Waals surface area contributed by atoms with E-state index in [-0.39, 0.29) is 35.4 Å². The van der Waals surface area contributed by atoms with Gasteiger partial charge in [-0.1, -0.05) is 84.4 Å². The number of hydrogen-bond acceptors (Lipinski definition) is 5. The summed E-state index contributed by atoms with van der Waals surface area (Å²) in [4.78, 5) is 12.7. The number of carboxylic acids is 1. The van der Waals surface area contributed by atoms with E-state index >= 15 is 0 Å². The molecule has 0 amide bonds. The number of hydrogen-bond donors (Lipinski definition) is 1. The second-order valence-electron chi connectivity index (χ2n) is 10.4. The number of sulfone groups is 1. The first-order valence-corrected chi connectivity index (χ1v) is 16.1. The number of alkyl halides is 3. The molecule has 4 aromatic carbocycles. The van der Waals surface area contributed by atoms with Crippen molar-refractivity contribution in [3.8, 4) is 5.75 Å². The summed E-state index contributed by atoms with van der Waals surface area (Å²) < 4.78 is 85.3. The molecule has 0 aliphatic heterocycles. The molecule has 45 heavy (non-hydrogen) atoms. The average molecular weight is 664 g/mol. The molecule has 1 N–H and O–H groups in total. The Morgan fingerprint density at radius 3 is 2.09 bits per heavy atom. The molecule has 0 aromatic heterocycles. The van der Waals surface area contributed by atoms with Crippen LogP contribution in [0.2, 0.25) is 5.02 Å². The monoisotopic (exact) mass is 663 g/mol. The Bertz CT molecular complexity index is 1700. The SMILES string of the molecule is CS(=O)(=O)c1cc(OCCCN(Cc2cccc(C(F)(F)F)c2Cl)CC(c2ccccc2)c2ccccc2)cc(F)c1C(=O)O. The van der Waals surface area contributed by atoms with E-state index in [0.29, 0.717) is 19.5 Å². The number of nitrogens with zero attached hydrogens (tertiary/aromatic N) is 1. The first-order valence-electron chi connectivity index (χ1n) is 13.8. The van der Waals surface area contributed by atoms with Gasteiger partial charge in [0.15, 0.2) is 9.84 Å². The summed E-state index contributed by atoms with van der Waals surface area (Å²) >= 11 is 6.25. The summed E-state index contributed by atoms with van der Waals surface area (Å²) in [5.41, 5.74) is 0.393. The van der Waals surface area contributed by atoms with Gasteiger partial charge >= 0.3 is 12.1 Å². The second kappa shape index (κ2) is 14.4. The Morgan fingerprint density at radius 2 is 1.56 bits per heavy atom. The Morgan fingerprint density at radius 1 is 0.956 bits per heavy atom. The van der Waals surface area contributed by atoms with Crippen LogP contribution in [0.1, 0.15) is 45.0 Å². The van der Waals surface area contributed by atoms with Gasteiger partial charge in [-0.25, -0.2) is 17.6 Å². The van der Waals surface area contributed by atoms with Crippen LogP contribution in [0.15, 0.2) is 95.9 Å². The van der Waals surface area contributed by atoms with E-state index in [1.54, 1.807) is 6.07 Å². The molecule has 4 aromatic rings. The van der Waals surface area contributed by atoms with Gasteiger partial charge in [0.1, 0.15) is 17.1 Å². The predicted molar refractivity (Wildman–Crippen MR) is 163 cm³/mol. The Balaban J connectivity index is 1.60. The topological polar surface area (TPSA) is 83.9 Å². The fraction of sp³-hybridized carbons (Fsp3) is 0.242. The number of aromatic carboxylic acids is 1. The van der Waals surface area contributed by atoms with Crippen molar-refractivity contribution in [3.63, 3.8) is 0 Å². The highest BCUT2D eigenvalue weighted by Gasteiger charge is 2.34. The molecular weight excluding hydrogens is 634 g/mol. The van der Waals surface area contributed by atoms with Crippen LogP contribution < -0.4 is 4.74 Å². The summed E-state index contributed by atoms with van der Waals surface area (Å²) in [7, 11) is -4.09. The largest absolute Gasteiger partial charge is 0.493 e. The highest BCUT2D eigenvalue weighted by molar-refractivity contribution is 7.90. The van der Waals surface area contributed by atoms with Crippen molar-refractivity contribution in [2.45, 2.75) is 30.0 Å². The molecule has 0 atom stereocenters. The van der Waals surface area contributed by atoms with Gasteiger partial charge in [0, 0.05) is 37.9 Å². The van der Waals surface area contributed by atoms with E-state index in [1.165, 1.54) is 6.07 Å². The minimum atomic E-state index is -4.63. The van der Waals surface area contributed by atoms with Gasteiger partial charge in [0.2, 0.25) is 0 Å². The van der Waals surface area contributed by atoms with Crippen LogP contribution in [0.25, 0.3) is 0 Å². The molecule has 12 heteroatoms. The highest BCUT2D eigenvalue weighted by atomic mass is 35.5. The standard InChI is InChI=1S/C33H30ClF4NO5S/c1-45(42,43)29-19-25(18-28(35)30(29)32(40)41)44-17-9-16-39(20-24-14-8-15-27(31(24)34)33(36,37)38)21-26(22-10-4-2-5-11-22)23-12-6-3-7-13-23/h2-8,10-15,18-19,26H,9,16-17,20-21H2,1H3,(H,40,41). The predicted octanol–water partition coefficient (Wildman–Crippen LogP) is 7.70. The lowest BCUT2D eigenvalue weighted by Crippen LogP contribution is -2.31. The molecule has 0 unspecified atom stereocenters. The fourth-order valence-electron chi connectivity index (χ4n) is 5.05. The minimum Gasteiger partial charge on any atom is -0.493 e. The van der Waals surface area contributed by atoms with E-state index in [4.69, 9.17) is 16.3 Å². The summed E-state index contributed by atoms with van der Waals surface area (Å²) in [5, 5.41) is 8.91. The molecule has 0 aliphatic carbocycles. The summed E-state index contributed by atoms with van der Waals surface area (Å²) in [6, 6.07) is 24.9. The van der Waals surface area contributed by atoms with Crippen molar-refractivity contribution in [3.05, 3.63) is 130 Å². The van der Waals surface area contributed by atoms with Gasteiger partial charge in [0.25, 0.3) is 0 Å². The van der Waals surface area contributed by atoms with E-state index < -0.39 is 43.8 Å². The normalized spacial score (nSPS) is 12.1. The van der Waals surface area contributed by atoms with Crippen molar-refractivity contribution in [1.82, 2.24) is 4.90 Å².